The summed E-state index contributed by atoms with van der Waals surface area (Å²) in [5.41, 5.74) is 1.36. The number of rotatable bonds is 8. The molecule has 2 amide bonds. The zero-order chi connectivity index (χ0) is 20.7. The van der Waals surface area contributed by atoms with Gasteiger partial charge in [0.1, 0.15) is 5.75 Å². The van der Waals surface area contributed by atoms with Crippen LogP contribution in [0.2, 0.25) is 0 Å². The minimum atomic E-state index is -3.83. The second-order valence-corrected chi connectivity index (χ2v) is 8.14. The van der Waals surface area contributed by atoms with E-state index in [4.69, 9.17) is 4.74 Å². The van der Waals surface area contributed by atoms with Crippen LogP contribution in [0.4, 0.5) is 5.69 Å². The smallest absolute Gasteiger partial charge is 0.243 e. The number of benzene rings is 2. The Balaban J connectivity index is 1.94. The second-order valence-electron chi connectivity index (χ2n) is 6.09. The van der Waals surface area contributed by atoms with Crippen molar-refractivity contribution in [2.24, 2.45) is 0 Å². The SMILES string of the molecule is COc1ccc(CNC(=O)CN(C)S(=O)(=O)c2ccc(NC(C)=O)cc2)cc1. The lowest BCUT2D eigenvalue weighted by Gasteiger charge is -2.17. The Morgan fingerprint density at radius 1 is 1.04 bits per heavy atom. The number of likely N-dealkylation sites (N-methyl/N-ethyl adjacent to an activating group) is 1. The van der Waals surface area contributed by atoms with Crippen LogP contribution in [0.15, 0.2) is 53.4 Å². The third-order valence-electron chi connectivity index (χ3n) is 3.90. The van der Waals surface area contributed by atoms with Crippen molar-refractivity contribution >= 4 is 27.5 Å². The molecule has 0 spiro atoms. The lowest BCUT2D eigenvalue weighted by molar-refractivity contribution is -0.121. The normalized spacial score (nSPS) is 11.1. The Morgan fingerprint density at radius 2 is 1.64 bits per heavy atom. The van der Waals surface area contributed by atoms with Crippen LogP contribution in [0.25, 0.3) is 0 Å². The first-order chi connectivity index (χ1) is 13.2. The molecule has 0 aliphatic heterocycles. The van der Waals surface area contributed by atoms with Crippen LogP contribution < -0.4 is 15.4 Å². The first-order valence-electron chi connectivity index (χ1n) is 8.46. The first kappa shape index (κ1) is 21.4. The third kappa shape index (κ3) is 5.80. The Labute approximate surface area is 164 Å². The third-order valence-corrected chi connectivity index (χ3v) is 5.72. The largest absolute Gasteiger partial charge is 0.497 e. The monoisotopic (exact) mass is 405 g/mol. The quantitative estimate of drug-likeness (QED) is 0.694. The number of hydrogen-bond donors (Lipinski definition) is 2. The predicted molar refractivity (Wildman–Crippen MR) is 105 cm³/mol. The molecule has 8 nitrogen and oxygen atoms in total. The molecule has 0 aromatic heterocycles. The molecular formula is C19H23N3O5S. The number of anilines is 1. The summed E-state index contributed by atoms with van der Waals surface area (Å²) in [5.74, 6) is 0.0449. The molecule has 0 saturated carbocycles. The van der Waals surface area contributed by atoms with Crippen molar-refractivity contribution in [1.29, 1.82) is 0 Å². The van der Waals surface area contributed by atoms with Gasteiger partial charge in [-0.1, -0.05) is 12.1 Å². The molecule has 0 fully saturated rings. The molecule has 0 aliphatic rings. The summed E-state index contributed by atoms with van der Waals surface area (Å²) < 4.78 is 31.2. The van der Waals surface area contributed by atoms with E-state index in [0.717, 1.165) is 9.87 Å². The zero-order valence-electron chi connectivity index (χ0n) is 15.9. The minimum absolute atomic E-state index is 0.0343. The van der Waals surface area contributed by atoms with Crippen molar-refractivity contribution in [2.45, 2.75) is 18.4 Å². The number of nitrogens with one attached hydrogen (secondary N) is 2. The minimum Gasteiger partial charge on any atom is -0.497 e. The highest BCUT2D eigenvalue weighted by Gasteiger charge is 2.22. The fourth-order valence-electron chi connectivity index (χ4n) is 2.38. The van der Waals surface area contributed by atoms with Gasteiger partial charge in [-0.2, -0.15) is 4.31 Å². The highest BCUT2D eigenvalue weighted by molar-refractivity contribution is 7.89. The van der Waals surface area contributed by atoms with E-state index >= 15 is 0 Å². The molecule has 2 rings (SSSR count). The van der Waals surface area contributed by atoms with E-state index in [1.165, 1.54) is 38.2 Å². The van der Waals surface area contributed by atoms with Gasteiger partial charge >= 0.3 is 0 Å². The topological polar surface area (TPSA) is 105 Å². The maximum Gasteiger partial charge on any atom is 0.243 e. The van der Waals surface area contributed by atoms with E-state index < -0.39 is 15.9 Å². The van der Waals surface area contributed by atoms with E-state index in [9.17, 15) is 18.0 Å². The highest BCUT2D eigenvalue weighted by Crippen LogP contribution is 2.17. The Bertz CT molecular complexity index is 925. The number of carbonyl (C=O) groups excluding carboxylic acids is 2. The summed E-state index contributed by atoms with van der Waals surface area (Å²) >= 11 is 0. The summed E-state index contributed by atoms with van der Waals surface area (Å²) in [5, 5.41) is 5.25. The van der Waals surface area contributed by atoms with Gasteiger partial charge in [0, 0.05) is 26.2 Å². The molecule has 2 aromatic carbocycles. The van der Waals surface area contributed by atoms with E-state index in [-0.39, 0.29) is 23.9 Å². The van der Waals surface area contributed by atoms with E-state index in [1.807, 2.05) is 12.1 Å². The van der Waals surface area contributed by atoms with Crippen molar-refractivity contribution in [2.75, 3.05) is 26.0 Å². The fourth-order valence-corrected chi connectivity index (χ4v) is 3.51. The standard InChI is InChI=1S/C19H23N3O5S/c1-14(23)21-16-6-10-18(11-7-16)28(25,26)22(2)13-19(24)20-12-15-4-8-17(27-3)9-5-15/h4-11H,12-13H2,1-3H3,(H,20,24)(H,21,23). The van der Waals surface area contributed by atoms with Crippen LogP contribution in [0.3, 0.4) is 0 Å². The Kier molecular flexibility index (Phi) is 7.13. The summed E-state index contributed by atoms with van der Waals surface area (Å²) in [6, 6.07) is 12.9. The second kappa shape index (κ2) is 9.34. The highest BCUT2D eigenvalue weighted by atomic mass is 32.2. The average molecular weight is 405 g/mol. The van der Waals surface area contributed by atoms with Crippen molar-refractivity contribution in [3.05, 3.63) is 54.1 Å². The molecule has 0 radical (unpaired) electrons. The molecule has 0 aliphatic carbocycles. The lowest BCUT2D eigenvalue weighted by atomic mass is 10.2. The summed E-state index contributed by atoms with van der Waals surface area (Å²) in [4.78, 5) is 23.2. The number of nitrogens with zero attached hydrogens (tertiary/aromatic N) is 1. The number of hydrogen-bond acceptors (Lipinski definition) is 5. The maximum absolute atomic E-state index is 12.6. The number of ether oxygens (including phenoxy) is 1. The average Bonchev–Trinajstić information content (AvgIpc) is 2.66. The molecule has 0 saturated heterocycles. The molecule has 0 atom stereocenters. The van der Waals surface area contributed by atoms with E-state index in [0.29, 0.717) is 11.4 Å². The first-order valence-corrected chi connectivity index (χ1v) is 9.90. The fraction of sp³-hybridized carbons (Fsp3) is 0.263. The van der Waals surface area contributed by atoms with Gasteiger partial charge in [0.2, 0.25) is 21.8 Å². The molecule has 9 heteroatoms. The van der Waals surface area contributed by atoms with Gasteiger partial charge in [-0.15, -0.1) is 0 Å². The van der Waals surface area contributed by atoms with Crippen LogP contribution in [0, 0.1) is 0 Å². The van der Waals surface area contributed by atoms with Gasteiger partial charge in [-0.05, 0) is 42.0 Å². The molecule has 0 unspecified atom stereocenters. The van der Waals surface area contributed by atoms with Crippen LogP contribution in [-0.2, 0) is 26.2 Å². The van der Waals surface area contributed by atoms with Crippen LogP contribution in [0.1, 0.15) is 12.5 Å². The summed E-state index contributed by atoms with van der Waals surface area (Å²) in [6.07, 6.45) is 0. The molecule has 2 aromatic rings. The van der Waals surface area contributed by atoms with Crippen LogP contribution in [-0.4, -0.2) is 45.2 Å². The predicted octanol–water partition coefficient (Wildman–Crippen LogP) is 1.59. The molecule has 150 valence electrons. The summed E-state index contributed by atoms with van der Waals surface area (Å²) in [6.45, 7) is 1.33. The van der Waals surface area contributed by atoms with Crippen molar-refractivity contribution in [3.8, 4) is 5.75 Å². The van der Waals surface area contributed by atoms with Crippen molar-refractivity contribution in [3.63, 3.8) is 0 Å². The van der Waals surface area contributed by atoms with Gasteiger partial charge in [-0.25, -0.2) is 8.42 Å². The number of sulfonamides is 1. The molecule has 2 N–H and O–H groups in total. The van der Waals surface area contributed by atoms with Gasteiger partial charge in [-0.3, -0.25) is 9.59 Å². The van der Waals surface area contributed by atoms with Gasteiger partial charge in [0.25, 0.3) is 0 Å². The van der Waals surface area contributed by atoms with Crippen molar-refractivity contribution < 1.29 is 22.7 Å². The van der Waals surface area contributed by atoms with Gasteiger partial charge in [0.15, 0.2) is 0 Å². The van der Waals surface area contributed by atoms with Crippen molar-refractivity contribution in [1.82, 2.24) is 9.62 Å². The van der Waals surface area contributed by atoms with Gasteiger partial charge in [0.05, 0.1) is 18.6 Å². The summed E-state index contributed by atoms with van der Waals surface area (Å²) in [7, 11) is -0.921. The Hall–Kier alpha value is -2.91. The van der Waals surface area contributed by atoms with E-state index in [2.05, 4.69) is 10.6 Å². The van der Waals surface area contributed by atoms with Crippen LogP contribution in [0.5, 0.6) is 5.75 Å². The molecule has 0 bridgehead atoms. The van der Waals surface area contributed by atoms with Gasteiger partial charge < -0.3 is 15.4 Å². The van der Waals surface area contributed by atoms with E-state index in [1.54, 1.807) is 19.2 Å². The molecular weight excluding hydrogens is 382 g/mol. The maximum atomic E-state index is 12.6. The number of amides is 2. The Morgan fingerprint density at radius 3 is 2.18 bits per heavy atom. The number of methoxy groups -OCH3 is 1. The lowest BCUT2D eigenvalue weighted by Crippen LogP contribution is -2.38. The zero-order valence-corrected chi connectivity index (χ0v) is 16.7. The molecule has 0 heterocycles. The molecule has 28 heavy (non-hydrogen) atoms. The van der Waals surface area contributed by atoms with Crippen LogP contribution >= 0.6 is 0 Å². The number of carbonyl (C=O) groups is 2.